The Morgan fingerprint density at radius 3 is 2.66 bits per heavy atom. The molecule has 3 heterocycles. The van der Waals surface area contributed by atoms with Gasteiger partial charge in [-0.3, -0.25) is 14.3 Å². The highest BCUT2D eigenvalue weighted by Crippen LogP contribution is 2.31. The van der Waals surface area contributed by atoms with Gasteiger partial charge in [-0.1, -0.05) is 6.07 Å². The number of hydrogen-bond donors (Lipinski definition) is 0. The zero-order valence-corrected chi connectivity index (χ0v) is 22.5. The molecular weight excluding hydrogens is 502 g/mol. The maximum Gasteiger partial charge on any atom is 0.510 e. The molecule has 200 valence electrons. The first-order valence-electron chi connectivity index (χ1n) is 13.1. The van der Waals surface area contributed by atoms with E-state index >= 15 is 0 Å². The zero-order valence-electron chi connectivity index (χ0n) is 21.6. The molecule has 0 bridgehead atoms. The molecule has 0 saturated carbocycles. The van der Waals surface area contributed by atoms with Crippen molar-refractivity contribution in [3.8, 4) is 5.75 Å². The first-order chi connectivity index (χ1) is 18.6. The molecule has 2 aromatic heterocycles. The summed E-state index contributed by atoms with van der Waals surface area (Å²) in [5, 5.41) is 4.39. The van der Waals surface area contributed by atoms with E-state index in [1.807, 2.05) is 18.2 Å². The number of carbonyl (C=O) groups excluding carboxylic acids is 1. The quantitative estimate of drug-likeness (QED) is 0.201. The van der Waals surface area contributed by atoms with Crippen LogP contribution in [0.1, 0.15) is 19.8 Å². The normalized spacial score (nSPS) is 14.2. The largest absolute Gasteiger partial charge is 0.510 e. The maximum atomic E-state index is 12.4. The van der Waals surface area contributed by atoms with Crippen LogP contribution in [0.25, 0.3) is 21.0 Å². The average molecular weight is 536 g/mol. The summed E-state index contributed by atoms with van der Waals surface area (Å²) < 4.78 is 18.6. The molecule has 1 saturated heterocycles. The molecule has 38 heavy (non-hydrogen) atoms. The van der Waals surface area contributed by atoms with Crippen LogP contribution in [0.2, 0.25) is 0 Å². The third-order valence-corrected chi connectivity index (χ3v) is 7.74. The van der Waals surface area contributed by atoms with E-state index in [1.54, 1.807) is 24.3 Å². The van der Waals surface area contributed by atoms with Crippen LogP contribution in [0.3, 0.4) is 0 Å². The van der Waals surface area contributed by atoms with Crippen molar-refractivity contribution >= 4 is 44.2 Å². The lowest BCUT2D eigenvalue weighted by atomic mass is 10.2. The average Bonchev–Trinajstić information content (AvgIpc) is 3.42. The number of anilines is 1. The maximum absolute atomic E-state index is 12.4. The van der Waals surface area contributed by atoms with E-state index < -0.39 is 6.16 Å². The Bertz CT molecular complexity index is 1440. The molecule has 8 nitrogen and oxygen atoms in total. The van der Waals surface area contributed by atoms with Crippen LogP contribution in [0.15, 0.2) is 64.8 Å². The molecule has 0 radical (unpaired) electrons. The van der Waals surface area contributed by atoms with Crippen molar-refractivity contribution in [2.45, 2.75) is 26.5 Å². The van der Waals surface area contributed by atoms with E-state index in [-0.39, 0.29) is 18.9 Å². The van der Waals surface area contributed by atoms with Crippen molar-refractivity contribution in [2.24, 2.45) is 0 Å². The number of nitrogens with zero attached hydrogens (tertiary/aromatic N) is 3. The Labute approximate surface area is 225 Å². The number of thiophene rings is 1. The van der Waals surface area contributed by atoms with Gasteiger partial charge in [0.05, 0.1) is 18.7 Å². The van der Waals surface area contributed by atoms with Gasteiger partial charge in [0.15, 0.2) is 6.73 Å². The molecule has 1 aliphatic rings. The van der Waals surface area contributed by atoms with Gasteiger partial charge in [0.25, 0.3) is 5.56 Å². The van der Waals surface area contributed by atoms with Crippen LogP contribution in [0.5, 0.6) is 5.75 Å². The summed E-state index contributed by atoms with van der Waals surface area (Å²) in [7, 11) is 0. The van der Waals surface area contributed by atoms with Crippen molar-refractivity contribution in [1.29, 1.82) is 0 Å². The lowest BCUT2D eigenvalue weighted by Gasteiger charge is -2.36. The fourth-order valence-corrected chi connectivity index (χ4v) is 5.67. The second kappa shape index (κ2) is 12.3. The number of benzene rings is 2. The number of unbranched alkanes of at least 4 members (excludes halogenated alkanes) is 1. The minimum Gasteiger partial charge on any atom is -0.494 e. The highest BCUT2D eigenvalue weighted by molar-refractivity contribution is 7.17. The predicted octanol–water partition coefficient (Wildman–Crippen LogP) is 5.33. The van der Waals surface area contributed by atoms with Crippen molar-refractivity contribution in [1.82, 2.24) is 9.47 Å². The molecule has 0 spiro atoms. The van der Waals surface area contributed by atoms with Crippen LogP contribution in [0, 0.1) is 0 Å². The summed E-state index contributed by atoms with van der Waals surface area (Å²) in [6.45, 7) is 7.58. The summed E-state index contributed by atoms with van der Waals surface area (Å²) in [6, 6.07) is 17.7. The highest BCUT2D eigenvalue weighted by Gasteiger charge is 2.18. The second-order valence-corrected chi connectivity index (χ2v) is 10.2. The van der Waals surface area contributed by atoms with E-state index in [1.165, 1.54) is 26.4 Å². The predicted molar refractivity (Wildman–Crippen MR) is 152 cm³/mol. The molecule has 1 fully saturated rings. The van der Waals surface area contributed by atoms with Gasteiger partial charge in [0, 0.05) is 54.1 Å². The Balaban J connectivity index is 1.08. The van der Waals surface area contributed by atoms with Gasteiger partial charge < -0.3 is 19.1 Å². The topological polar surface area (TPSA) is 73.2 Å². The summed E-state index contributed by atoms with van der Waals surface area (Å²) >= 11 is 1.80. The molecular formula is C29H33N3O5S. The zero-order chi connectivity index (χ0) is 26.3. The SMILES string of the molecule is CCOC(=O)OCn1c(=O)ccc2ccc(OCCCCN3CCN(c4cccc5sccc45)CC3)cc21. The Kier molecular flexibility index (Phi) is 8.45. The van der Waals surface area contributed by atoms with Crippen LogP contribution in [0.4, 0.5) is 10.5 Å². The molecule has 0 amide bonds. The number of piperazine rings is 1. The Morgan fingerprint density at radius 1 is 0.974 bits per heavy atom. The fraction of sp³-hybridized carbons (Fsp3) is 0.379. The molecule has 1 aliphatic heterocycles. The van der Waals surface area contributed by atoms with E-state index in [2.05, 4.69) is 39.4 Å². The van der Waals surface area contributed by atoms with Crippen molar-refractivity contribution in [3.05, 3.63) is 70.3 Å². The van der Waals surface area contributed by atoms with Gasteiger partial charge in [0.2, 0.25) is 0 Å². The van der Waals surface area contributed by atoms with E-state index in [0.717, 1.165) is 51.0 Å². The van der Waals surface area contributed by atoms with Crippen LogP contribution in [-0.2, 0) is 16.2 Å². The summed E-state index contributed by atoms with van der Waals surface area (Å²) in [6.07, 6.45) is 1.20. The fourth-order valence-electron chi connectivity index (χ4n) is 4.86. The third kappa shape index (κ3) is 6.11. The lowest BCUT2D eigenvalue weighted by Crippen LogP contribution is -2.46. The number of aromatic nitrogens is 1. The third-order valence-electron chi connectivity index (χ3n) is 6.86. The number of rotatable bonds is 10. The molecule has 0 atom stereocenters. The van der Waals surface area contributed by atoms with Crippen LogP contribution >= 0.6 is 11.3 Å². The minimum absolute atomic E-state index is 0.212. The Hall–Kier alpha value is -3.56. The number of ether oxygens (including phenoxy) is 3. The molecule has 0 unspecified atom stereocenters. The van der Waals surface area contributed by atoms with Crippen molar-refractivity contribution in [2.75, 3.05) is 50.8 Å². The van der Waals surface area contributed by atoms with Crippen molar-refractivity contribution < 1.29 is 19.0 Å². The van der Waals surface area contributed by atoms with E-state index in [9.17, 15) is 9.59 Å². The number of fused-ring (bicyclic) bond motifs is 2. The second-order valence-electron chi connectivity index (χ2n) is 9.27. The minimum atomic E-state index is -0.801. The molecule has 0 aliphatic carbocycles. The van der Waals surface area contributed by atoms with Crippen LogP contribution in [-0.4, -0.2) is 61.6 Å². The molecule has 5 rings (SSSR count). The number of pyridine rings is 1. The smallest absolute Gasteiger partial charge is 0.494 e. The lowest BCUT2D eigenvalue weighted by molar-refractivity contribution is 0.0373. The van der Waals surface area contributed by atoms with Gasteiger partial charge in [0.1, 0.15) is 5.75 Å². The molecule has 9 heteroatoms. The van der Waals surface area contributed by atoms with E-state index in [0.29, 0.717) is 17.9 Å². The summed E-state index contributed by atoms with van der Waals surface area (Å²) in [4.78, 5) is 29.0. The summed E-state index contributed by atoms with van der Waals surface area (Å²) in [5.41, 5.74) is 1.74. The first-order valence-corrected chi connectivity index (χ1v) is 14.0. The first kappa shape index (κ1) is 26.1. The van der Waals surface area contributed by atoms with Crippen molar-refractivity contribution in [3.63, 3.8) is 0 Å². The standard InChI is InChI=1S/C29H33N3O5S/c1-2-35-29(34)37-21-32-26-20-23(10-8-22(26)9-11-28(32)33)36-18-4-3-13-30-14-16-31(17-15-30)25-6-5-7-27-24(25)12-19-38-27/h5-12,19-20H,2-4,13-18,21H2,1H3. The highest BCUT2D eigenvalue weighted by atomic mass is 32.1. The van der Waals surface area contributed by atoms with Crippen LogP contribution < -0.4 is 15.2 Å². The monoisotopic (exact) mass is 535 g/mol. The van der Waals surface area contributed by atoms with Gasteiger partial charge in [-0.05, 0) is 73.5 Å². The molecule has 4 aromatic rings. The Morgan fingerprint density at radius 2 is 1.82 bits per heavy atom. The van der Waals surface area contributed by atoms with Gasteiger partial charge in [-0.2, -0.15) is 0 Å². The molecule has 0 N–H and O–H groups in total. The van der Waals surface area contributed by atoms with Gasteiger partial charge in [-0.25, -0.2) is 4.79 Å². The number of hydrogen-bond acceptors (Lipinski definition) is 8. The summed E-state index contributed by atoms with van der Waals surface area (Å²) in [5.74, 6) is 0.684. The van der Waals surface area contributed by atoms with Gasteiger partial charge in [-0.15, -0.1) is 11.3 Å². The molecule has 2 aromatic carbocycles. The number of carbonyl (C=O) groups is 1. The van der Waals surface area contributed by atoms with E-state index in [4.69, 9.17) is 14.2 Å². The van der Waals surface area contributed by atoms with Gasteiger partial charge >= 0.3 is 6.16 Å².